The summed E-state index contributed by atoms with van der Waals surface area (Å²) < 4.78 is 7.19. The maximum atomic E-state index is 11.9. The second-order valence-electron chi connectivity index (χ2n) is 5.52. The summed E-state index contributed by atoms with van der Waals surface area (Å²) >= 11 is 0. The second kappa shape index (κ2) is 7.23. The summed E-state index contributed by atoms with van der Waals surface area (Å²) in [4.78, 5) is 23.1. The van der Waals surface area contributed by atoms with Gasteiger partial charge in [0.05, 0.1) is 19.8 Å². The highest BCUT2D eigenvalue weighted by Gasteiger charge is 2.14. The first kappa shape index (κ1) is 15.5. The Kier molecular flexibility index (Phi) is 4.87. The monoisotopic (exact) mass is 315 g/mol. The van der Waals surface area contributed by atoms with Crippen molar-refractivity contribution in [1.29, 1.82) is 0 Å². The van der Waals surface area contributed by atoms with Crippen LogP contribution in [0.15, 0.2) is 30.6 Å². The maximum Gasteiger partial charge on any atom is 0.240 e. The van der Waals surface area contributed by atoms with E-state index in [1.165, 1.54) is 0 Å². The van der Waals surface area contributed by atoms with E-state index in [0.29, 0.717) is 32.1 Å². The molecule has 0 radical (unpaired) electrons. The lowest BCUT2D eigenvalue weighted by Gasteiger charge is -2.28. The molecule has 2 aromatic rings. The Morgan fingerprint density at radius 2 is 2.00 bits per heavy atom. The highest BCUT2D eigenvalue weighted by molar-refractivity contribution is 5.75. The van der Waals surface area contributed by atoms with Crippen molar-refractivity contribution in [3.8, 4) is 0 Å². The zero-order chi connectivity index (χ0) is 16.1. The van der Waals surface area contributed by atoms with Crippen molar-refractivity contribution in [2.45, 2.75) is 20.0 Å². The van der Waals surface area contributed by atoms with Crippen molar-refractivity contribution in [2.75, 3.05) is 31.2 Å². The van der Waals surface area contributed by atoms with Gasteiger partial charge in [-0.15, -0.1) is 0 Å². The Labute approximate surface area is 135 Å². The molecule has 2 aromatic heterocycles. The van der Waals surface area contributed by atoms with E-state index in [1.807, 2.05) is 42.1 Å². The average Bonchev–Trinajstić information content (AvgIpc) is 3.06. The number of anilines is 1. The summed E-state index contributed by atoms with van der Waals surface area (Å²) in [6.07, 6.45) is 3.72. The van der Waals surface area contributed by atoms with Gasteiger partial charge < -0.3 is 19.5 Å². The van der Waals surface area contributed by atoms with E-state index < -0.39 is 0 Å². The molecule has 0 spiro atoms. The van der Waals surface area contributed by atoms with Gasteiger partial charge >= 0.3 is 0 Å². The summed E-state index contributed by atoms with van der Waals surface area (Å²) in [7, 11) is 0. The molecule has 1 fully saturated rings. The first-order chi connectivity index (χ1) is 11.2. The number of rotatable bonds is 5. The highest BCUT2D eigenvalue weighted by Crippen LogP contribution is 2.14. The second-order valence-corrected chi connectivity index (χ2v) is 5.52. The third-order valence-corrected chi connectivity index (χ3v) is 3.66. The maximum absolute atomic E-state index is 11.9. The third-order valence-electron chi connectivity index (χ3n) is 3.66. The van der Waals surface area contributed by atoms with Gasteiger partial charge in [0.15, 0.2) is 0 Å². The van der Waals surface area contributed by atoms with Crippen LogP contribution in [0.5, 0.6) is 0 Å². The Balaban J connectivity index is 1.60. The minimum Gasteiger partial charge on any atom is -0.378 e. The van der Waals surface area contributed by atoms with Crippen LogP contribution in [0.25, 0.3) is 0 Å². The van der Waals surface area contributed by atoms with Crippen LogP contribution in [0.3, 0.4) is 0 Å². The van der Waals surface area contributed by atoms with E-state index >= 15 is 0 Å². The zero-order valence-electron chi connectivity index (χ0n) is 13.2. The molecule has 7 heteroatoms. The van der Waals surface area contributed by atoms with E-state index in [1.54, 1.807) is 0 Å². The molecule has 0 unspecified atom stereocenters. The number of ether oxygens (including phenoxy) is 1. The first-order valence-electron chi connectivity index (χ1n) is 7.75. The summed E-state index contributed by atoms with van der Waals surface area (Å²) in [6.45, 7) is 5.66. The van der Waals surface area contributed by atoms with Crippen molar-refractivity contribution >= 4 is 11.7 Å². The van der Waals surface area contributed by atoms with Gasteiger partial charge in [0.1, 0.15) is 18.2 Å². The summed E-state index contributed by atoms with van der Waals surface area (Å²) in [6, 6.07) is 5.76. The molecule has 1 amide bonds. The van der Waals surface area contributed by atoms with Crippen LogP contribution in [-0.2, 0) is 22.6 Å². The summed E-state index contributed by atoms with van der Waals surface area (Å²) in [5, 5.41) is 2.87. The number of carbonyl (C=O) groups excluding carboxylic acids is 1. The van der Waals surface area contributed by atoms with Crippen LogP contribution >= 0.6 is 0 Å². The number of carbonyl (C=O) groups is 1. The molecule has 0 bridgehead atoms. The van der Waals surface area contributed by atoms with Gasteiger partial charge in [0, 0.05) is 37.2 Å². The molecule has 7 nitrogen and oxygen atoms in total. The standard InChI is InChI=1S/C16H21N5O2/c1-13-10-15(21-6-8-23-9-7-21)19-14(18-13)11-17-16(22)12-20-4-2-3-5-20/h2-5,10H,6-9,11-12H2,1H3,(H,17,22). The molecule has 1 aliphatic heterocycles. The number of hydrogen-bond donors (Lipinski definition) is 1. The number of aromatic nitrogens is 3. The smallest absolute Gasteiger partial charge is 0.240 e. The van der Waals surface area contributed by atoms with E-state index in [2.05, 4.69) is 20.2 Å². The van der Waals surface area contributed by atoms with Crippen molar-refractivity contribution in [1.82, 2.24) is 19.9 Å². The van der Waals surface area contributed by atoms with Crippen molar-refractivity contribution in [3.05, 3.63) is 42.1 Å². The number of nitrogens with one attached hydrogen (secondary N) is 1. The van der Waals surface area contributed by atoms with Crippen LogP contribution in [0.2, 0.25) is 0 Å². The highest BCUT2D eigenvalue weighted by atomic mass is 16.5. The lowest BCUT2D eigenvalue weighted by atomic mass is 10.3. The predicted octanol–water partition coefficient (Wildman–Crippen LogP) is 0.740. The molecule has 0 aliphatic carbocycles. The normalized spacial score (nSPS) is 14.7. The largest absolute Gasteiger partial charge is 0.378 e. The molecule has 23 heavy (non-hydrogen) atoms. The number of amides is 1. The Bertz CT molecular complexity index is 650. The minimum atomic E-state index is -0.0563. The number of hydrogen-bond acceptors (Lipinski definition) is 5. The average molecular weight is 315 g/mol. The van der Waals surface area contributed by atoms with Gasteiger partial charge in [0.25, 0.3) is 0 Å². The van der Waals surface area contributed by atoms with Gasteiger partial charge in [-0.25, -0.2) is 9.97 Å². The van der Waals surface area contributed by atoms with Gasteiger partial charge in [-0.3, -0.25) is 4.79 Å². The third kappa shape index (κ3) is 4.29. The molecule has 1 aliphatic rings. The lowest BCUT2D eigenvalue weighted by Crippen LogP contribution is -2.37. The number of aryl methyl sites for hydroxylation is 1. The van der Waals surface area contributed by atoms with Gasteiger partial charge in [0.2, 0.25) is 5.91 Å². The zero-order valence-corrected chi connectivity index (χ0v) is 13.2. The van der Waals surface area contributed by atoms with E-state index in [9.17, 15) is 4.79 Å². The quantitative estimate of drug-likeness (QED) is 0.881. The van der Waals surface area contributed by atoms with Gasteiger partial charge in [-0.05, 0) is 19.1 Å². The van der Waals surface area contributed by atoms with E-state index in [0.717, 1.165) is 24.6 Å². The molecule has 1 N–H and O–H groups in total. The molecule has 0 aromatic carbocycles. The lowest BCUT2D eigenvalue weighted by molar-refractivity contribution is -0.121. The number of morpholine rings is 1. The molecule has 3 rings (SSSR count). The van der Waals surface area contributed by atoms with Crippen LogP contribution in [0.1, 0.15) is 11.5 Å². The van der Waals surface area contributed by atoms with E-state index in [-0.39, 0.29) is 5.91 Å². The predicted molar refractivity (Wildman–Crippen MR) is 86.1 cm³/mol. The van der Waals surface area contributed by atoms with Crippen LogP contribution in [-0.4, -0.2) is 46.7 Å². The topological polar surface area (TPSA) is 72.3 Å². The minimum absolute atomic E-state index is 0.0563. The van der Waals surface area contributed by atoms with Crippen LogP contribution < -0.4 is 10.2 Å². The molecular formula is C16H21N5O2. The molecule has 0 saturated carbocycles. The SMILES string of the molecule is Cc1cc(N2CCOCC2)nc(CNC(=O)Cn2cccc2)n1. The molecule has 3 heterocycles. The Morgan fingerprint density at radius 1 is 1.26 bits per heavy atom. The van der Waals surface area contributed by atoms with Crippen molar-refractivity contribution in [2.24, 2.45) is 0 Å². The molecule has 1 saturated heterocycles. The van der Waals surface area contributed by atoms with Crippen LogP contribution in [0.4, 0.5) is 5.82 Å². The molecule has 0 atom stereocenters. The van der Waals surface area contributed by atoms with Gasteiger partial charge in [-0.2, -0.15) is 0 Å². The fourth-order valence-electron chi connectivity index (χ4n) is 2.52. The van der Waals surface area contributed by atoms with Crippen LogP contribution in [0, 0.1) is 6.92 Å². The molecule has 122 valence electrons. The van der Waals surface area contributed by atoms with Gasteiger partial charge in [-0.1, -0.05) is 0 Å². The fraction of sp³-hybridized carbons (Fsp3) is 0.438. The number of nitrogens with zero attached hydrogens (tertiary/aromatic N) is 4. The fourth-order valence-corrected chi connectivity index (χ4v) is 2.52. The Morgan fingerprint density at radius 3 is 2.74 bits per heavy atom. The van der Waals surface area contributed by atoms with Crippen molar-refractivity contribution < 1.29 is 9.53 Å². The molecular weight excluding hydrogens is 294 g/mol. The first-order valence-corrected chi connectivity index (χ1v) is 7.75. The summed E-state index contributed by atoms with van der Waals surface area (Å²) in [5.41, 5.74) is 0.899. The van der Waals surface area contributed by atoms with E-state index in [4.69, 9.17) is 4.74 Å². The van der Waals surface area contributed by atoms with Crippen molar-refractivity contribution in [3.63, 3.8) is 0 Å². The Hall–Kier alpha value is -2.41. The summed E-state index contributed by atoms with van der Waals surface area (Å²) in [5.74, 6) is 1.47.